The summed E-state index contributed by atoms with van der Waals surface area (Å²) in [7, 11) is 0. The fraction of sp³-hybridized carbons (Fsp3) is 0.417. The summed E-state index contributed by atoms with van der Waals surface area (Å²) < 4.78 is 10.9. The number of carbonyl (C=O) groups is 2. The molecular formula is C24H29NO4S. The molecule has 0 atom stereocenters. The number of fused-ring (bicyclic) bond motifs is 1. The maximum absolute atomic E-state index is 12.5. The Hall–Kier alpha value is -2.60. The first kappa shape index (κ1) is 22.1. The lowest BCUT2D eigenvalue weighted by molar-refractivity contribution is -0.111. The van der Waals surface area contributed by atoms with Crippen LogP contribution in [0.1, 0.15) is 65.9 Å². The van der Waals surface area contributed by atoms with Gasteiger partial charge in [0.2, 0.25) is 5.91 Å². The van der Waals surface area contributed by atoms with Gasteiger partial charge in [0, 0.05) is 11.0 Å². The van der Waals surface area contributed by atoms with Crippen molar-refractivity contribution in [2.24, 2.45) is 0 Å². The molecule has 2 aromatic rings. The van der Waals surface area contributed by atoms with Gasteiger partial charge in [0.05, 0.1) is 18.8 Å². The molecule has 160 valence electrons. The molecule has 1 aliphatic rings. The third-order valence-corrected chi connectivity index (χ3v) is 6.17. The number of hydrogen-bond donors (Lipinski definition) is 1. The number of esters is 1. The lowest BCUT2D eigenvalue weighted by atomic mass is 9.95. The zero-order valence-corrected chi connectivity index (χ0v) is 18.5. The largest absolute Gasteiger partial charge is 0.494 e. The summed E-state index contributed by atoms with van der Waals surface area (Å²) in [5.74, 6) is 0.213. The van der Waals surface area contributed by atoms with Crippen molar-refractivity contribution in [3.05, 3.63) is 51.9 Å². The standard InChI is InChI=1S/C24H29NO4S/c1-3-5-16-29-18-13-10-17(11-14-18)12-15-21(26)25-23-22(24(27)28-4-2)19-8-6-7-9-20(19)30-23/h10-15H,3-9,16H2,1-2H3,(H,25,26)/b15-12+. The second-order valence-electron chi connectivity index (χ2n) is 7.23. The van der Waals surface area contributed by atoms with E-state index < -0.39 is 0 Å². The van der Waals surface area contributed by atoms with Crippen molar-refractivity contribution in [2.45, 2.75) is 52.4 Å². The maximum atomic E-state index is 12.5. The molecule has 5 nitrogen and oxygen atoms in total. The van der Waals surface area contributed by atoms with E-state index in [0.29, 0.717) is 23.8 Å². The number of hydrogen-bond acceptors (Lipinski definition) is 5. The van der Waals surface area contributed by atoms with Crippen LogP contribution in [0.4, 0.5) is 5.00 Å². The minimum atomic E-state index is -0.352. The van der Waals surface area contributed by atoms with Gasteiger partial charge >= 0.3 is 5.97 Å². The first-order valence-electron chi connectivity index (χ1n) is 10.7. The molecule has 1 aromatic carbocycles. The van der Waals surface area contributed by atoms with E-state index >= 15 is 0 Å². The Morgan fingerprint density at radius 2 is 1.90 bits per heavy atom. The SMILES string of the molecule is CCCCOc1ccc(/C=C/C(=O)Nc2sc3c(c2C(=O)OCC)CCCC3)cc1. The second kappa shape index (κ2) is 11.0. The van der Waals surface area contributed by atoms with E-state index in [9.17, 15) is 9.59 Å². The lowest BCUT2D eigenvalue weighted by Crippen LogP contribution is -2.14. The molecule has 0 fully saturated rings. The van der Waals surface area contributed by atoms with Crippen molar-refractivity contribution in [1.29, 1.82) is 0 Å². The van der Waals surface area contributed by atoms with Gasteiger partial charge in [-0.15, -0.1) is 11.3 Å². The summed E-state index contributed by atoms with van der Waals surface area (Å²) in [6.07, 6.45) is 9.35. The second-order valence-corrected chi connectivity index (χ2v) is 8.33. The Labute approximate surface area is 182 Å². The predicted molar refractivity (Wildman–Crippen MR) is 121 cm³/mol. The highest BCUT2D eigenvalue weighted by Gasteiger charge is 2.26. The van der Waals surface area contributed by atoms with Crippen LogP contribution in [0.5, 0.6) is 5.75 Å². The number of amides is 1. The summed E-state index contributed by atoms with van der Waals surface area (Å²) in [6, 6.07) is 7.64. The van der Waals surface area contributed by atoms with Crippen molar-refractivity contribution in [3.8, 4) is 5.75 Å². The van der Waals surface area contributed by atoms with Gasteiger partial charge in [0.1, 0.15) is 10.8 Å². The molecule has 1 aromatic heterocycles. The third kappa shape index (κ3) is 5.72. The topological polar surface area (TPSA) is 64.6 Å². The monoisotopic (exact) mass is 427 g/mol. The molecule has 0 aliphatic heterocycles. The van der Waals surface area contributed by atoms with Crippen molar-refractivity contribution < 1.29 is 19.1 Å². The van der Waals surface area contributed by atoms with Gasteiger partial charge < -0.3 is 14.8 Å². The van der Waals surface area contributed by atoms with E-state index in [-0.39, 0.29) is 11.9 Å². The van der Waals surface area contributed by atoms with Gasteiger partial charge in [0.25, 0.3) is 0 Å². The molecule has 0 saturated heterocycles. The van der Waals surface area contributed by atoms with E-state index in [1.54, 1.807) is 13.0 Å². The number of rotatable bonds is 9. The number of benzene rings is 1. The highest BCUT2D eigenvalue weighted by atomic mass is 32.1. The van der Waals surface area contributed by atoms with Gasteiger partial charge in [-0.3, -0.25) is 4.79 Å². The Kier molecular flexibility index (Phi) is 8.08. The van der Waals surface area contributed by atoms with E-state index in [0.717, 1.165) is 55.4 Å². The van der Waals surface area contributed by atoms with Crippen LogP contribution in [-0.2, 0) is 22.4 Å². The van der Waals surface area contributed by atoms with Gasteiger partial charge in [-0.05, 0) is 68.4 Å². The number of thiophene rings is 1. The quantitative estimate of drug-likeness (QED) is 0.320. The molecule has 0 saturated carbocycles. The fourth-order valence-electron chi connectivity index (χ4n) is 3.41. The Bertz CT molecular complexity index is 899. The molecule has 1 heterocycles. The number of anilines is 1. The first-order chi connectivity index (χ1) is 14.6. The molecule has 30 heavy (non-hydrogen) atoms. The summed E-state index contributed by atoms with van der Waals surface area (Å²) in [6.45, 7) is 4.94. The van der Waals surface area contributed by atoms with E-state index in [2.05, 4.69) is 12.2 Å². The molecule has 6 heteroatoms. The molecule has 3 rings (SSSR count). The zero-order valence-electron chi connectivity index (χ0n) is 17.7. The number of carbonyl (C=O) groups excluding carboxylic acids is 2. The van der Waals surface area contributed by atoms with Crippen LogP contribution in [0.2, 0.25) is 0 Å². The molecule has 1 N–H and O–H groups in total. The summed E-state index contributed by atoms with van der Waals surface area (Å²) in [5, 5.41) is 3.48. The van der Waals surface area contributed by atoms with Crippen molar-refractivity contribution in [1.82, 2.24) is 0 Å². The highest BCUT2D eigenvalue weighted by Crippen LogP contribution is 2.38. The Morgan fingerprint density at radius 3 is 2.63 bits per heavy atom. The van der Waals surface area contributed by atoms with Crippen LogP contribution >= 0.6 is 11.3 Å². The maximum Gasteiger partial charge on any atom is 0.341 e. The fourth-order valence-corrected chi connectivity index (χ4v) is 4.69. The normalized spacial score (nSPS) is 13.1. The highest BCUT2D eigenvalue weighted by molar-refractivity contribution is 7.17. The molecule has 0 radical (unpaired) electrons. The molecule has 0 spiro atoms. The molecule has 0 unspecified atom stereocenters. The smallest absolute Gasteiger partial charge is 0.341 e. The Balaban J connectivity index is 1.67. The molecule has 1 amide bonds. The Morgan fingerprint density at radius 1 is 1.13 bits per heavy atom. The van der Waals surface area contributed by atoms with Crippen molar-refractivity contribution in [2.75, 3.05) is 18.5 Å². The number of aryl methyl sites for hydroxylation is 1. The molecule has 0 bridgehead atoms. The van der Waals surface area contributed by atoms with Crippen LogP contribution in [0.25, 0.3) is 6.08 Å². The van der Waals surface area contributed by atoms with Crippen LogP contribution < -0.4 is 10.1 Å². The number of nitrogens with one attached hydrogen (secondary N) is 1. The zero-order chi connectivity index (χ0) is 21.3. The summed E-state index contributed by atoms with van der Waals surface area (Å²) in [5.41, 5.74) is 2.48. The van der Waals surface area contributed by atoms with Gasteiger partial charge in [-0.25, -0.2) is 4.79 Å². The number of unbranched alkanes of at least 4 members (excludes halogenated alkanes) is 1. The molecule has 1 aliphatic carbocycles. The van der Waals surface area contributed by atoms with Crippen LogP contribution in [0, 0.1) is 0 Å². The predicted octanol–water partition coefficient (Wildman–Crippen LogP) is 5.63. The minimum absolute atomic E-state index is 0.262. The minimum Gasteiger partial charge on any atom is -0.494 e. The van der Waals surface area contributed by atoms with Crippen LogP contribution in [0.3, 0.4) is 0 Å². The van der Waals surface area contributed by atoms with E-state index in [1.807, 2.05) is 24.3 Å². The third-order valence-electron chi connectivity index (χ3n) is 4.96. The van der Waals surface area contributed by atoms with E-state index in [4.69, 9.17) is 9.47 Å². The van der Waals surface area contributed by atoms with Crippen LogP contribution in [-0.4, -0.2) is 25.1 Å². The van der Waals surface area contributed by atoms with Crippen LogP contribution in [0.15, 0.2) is 30.3 Å². The number of ether oxygens (including phenoxy) is 2. The van der Waals surface area contributed by atoms with Gasteiger partial charge in [-0.2, -0.15) is 0 Å². The van der Waals surface area contributed by atoms with E-state index in [1.165, 1.54) is 22.3 Å². The first-order valence-corrected chi connectivity index (χ1v) is 11.5. The average molecular weight is 428 g/mol. The van der Waals surface area contributed by atoms with Crippen molar-refractivity contribution in [3.63, 3.8) is 0 Å². The van der Waals surface area contributed by atoms with Crippen molar-refractivity contribution >= 4 is 34.3 Å². The van der Waals surface area contributed by atoms with Gasteiger partial charge in [-0.1, -0.05) is 25.5 Å². The summed E-state index contributed by atoms with van der Waals surface area (Å²) >= 11 is 1.49. The lowest BCUT2D eigenvalue weighted by Gasteiger charge is -2.12. The average Bonchev–Trinajstić information content (AvgIpc) is 3.11. The molecular weight excluding hydrogens is 398 g/mol. The van der Waals surface area contributed by atoms with Gasteiger partial charge in [0.15, 0.2) is 0 Å². The summed E-state index contributed by atoms with van der Waals surface area (Å²) in [4.78, 5) is 26.2.